The van der Waals surface area contributed by atoms with Crippen molar-refractivity contribution in [3.8, 4) is 0 Å². The molecule has 0 bridgehead atoms. The van der Waals surface area contributed by atoms with Crippen molar-refractivity contribution in [2.24, 2.45) is 0 Å². The number of carbonyl (C=O) groups excluding carboxylic acids is 2. The van der Waals surface area contributed by atoms with E-state index in [2.05, 4.69) is 15.5 Å². The summed E-state index contributed by atoms with van der Waals surface area (Å²) in [5.41, 5.74) is 5.77. The highest BCUT2D eigenvalue weighted by Crippen LogP contribution is 2.45. The smallest absolute Gasteiger partial charge is 0.253 e. The van der Waals surface area contributed by atoms with Gasteiger partial charge in [-0.2, -0.15) is 11.3 Å². The standard InChI is InChI=1S/C29H22N4O3S4/c34-22(12-11-18-13-14-38-15-18)31-23-27(35)33-24(21(16-39-28(23)33)26-32-30-17-40-26)29(37)36-25(19-7-3-1-4-8-19)20-9-5-2-6-10-20/h1-15,17,23,25,28H,16H2,(H,31,34)/t23-,28-/m1/s1. The minimum Gasteiger partial charge on any atom is -0.469 e. The second-order valence-corrected chi connectivity index (χ2v) is 12.1. The van der Waals surface area contributed by atoms with E-state index in [0.29, 0.717) is 16.5 Å². The first-order valence-corrected chi connectivity index (χ1v) is 15.6. The fraction of sp³-hybridized carbons (Fsp3) is 0.138. The molecule has 11 heteroatoms. The summed E-state index contributed by atoms with van der Waals surface area (Å²) in [6, 6.07) is 20.9. The molecule has 1 saturated heterocycles. The molecule has 4 heterocycles. The van der Waals surface area contributed by atoms with Gasteiger partial charge in [0.15, 0.2) is 0 Å². The molecule has 2 amide bonds. The highest BCUT2D eigenvalue weighted by atomic mass is 32.2. The summed E-state index contributed by atoms with van der Waals surface area (Å²) in [6.45, 7) is 0. The van der Waals surface area contributed by atoms with Crippen molar-refractivity contribution in [3.05, 3.63) is 116 Å². The molecule has 1 fully saturated rings. The molecule has 2 aliphatic rings. The Hall–Kier alpha value is -3.64. The maximum Gasteiger partial charge on any atom is 0.253 e. The number of ether oxygens (including phenoxy) is 1. The highest BCUT2D eigenvalue weighted by molar-refractivity contribution is 8.00. The van der Waals surface area contributed by atoms with Gasteiger partial charge in [-0.25, -0.2) is 0 Å². The third-order valence-electron chi connectivity index (χ3n) is 6.48. The van der Waals surface area contributed by atoms with Gasteiger partial charge in [-0.05, 0) is 51.8 Å². The molecule has 0 aliphatic carbocycles. The van der Waals surface area contributed by atoms with Gasteiger partial charge in [0.05, 0.1) is 0 Å². The summed E-state index contributed by atoms with van der Waals surface area (Å²) in [6.07, 6.45) is 2.71. The molecule has 0 spiro atoms. The van der Waals surface area contributed by atoms with E-state index in [1.807, 2.05) is 77.5 Å². The number of hydrogen-bond acceptors (Lipinski definition) is 9. The number of thioether (sulfide) groups is 1. The SMILES string of the molecule is O=C(C=Cc1ccsc1)N[C@@H]1C(=O)N2C(C(=S)OC(c3ccccc3)c3ccccc3)=C(c3nncs3)CS[C@H]12. The summed E-state index contributed by atoms with van der Waals surface area (Å²) in [4.78, 5) is 27.8. The van der Waals surface area contributed by atoms with Crippen LogP contribution in [0.4, 0.5) is 0 Å². The van der Waals surface area contributed by atoms with E-state index in [0.717, 1.165) is 22.3 Å². The second kappa shape index (κ2) is 11.8. The van der Waals surface area contributed by atoms with Crippen LogP contribution < -0.4 is 5.32 Å². The molecule has 0 unspecified atom stereocenters. The topological polar surface area (TPSA) is 84.4 Å². The molecule has 0 saturated carbocycles. The minimum absolute atomic E-state index is 0.198. The summed E-state index contributed by atoms with van der Waals surface area (Å²) in [7, 11) is 0. The fourth-order valence-electron chi connectivity index (χ4n) is 4.57. The lowest BCUT2D eigenvalue weighted by Gasteiger charge is -2.50. The maximum absolute atomic E-state index is 13.5. The van der Waals surface area contributed by atoms with Crippen LogP contribution in [0.2, 0.25) is 0 Å². The minimum atomic E-state index is -0.669. The lowest BCUT2D eigenvalue weighted by Crippen LogP contribution is -2.70. The maximum atomic E-state index is 13.5. The Morgan fingerprint density at radius 1 is 1.10 bits per heavy atom. The second-order valence-electron chi connectivity index (χ2n) is 8.96. The molecular formula is C29H22N4O3S4. The predicted molar refractivity (Wildman–Crippen MR) is 164 cm³/mol. The molecule has 4 aromatic rings. The first-order chi connectivity index (χ1) is 19.6. The number of rotatable bonds is 8. The Bertz CT molecular complexity index is 1530. The quantitative estimate of drug-likeness (QED) is 0.161. The average Bonchev–Trinajstić information content (AvgIpc) is 3.73. The normalized spacial score (nSPS) is 18.5. The molecule has 2 aromatic heterocycles. The number of aromatic nitrogens is 2. The van der Waals surface area contributed by atoms with Crippen molar-refractivity contribution >= 4 is 75.2 Å². The number of amides is 2. The van der Waals surface area contributed by atoms with Crippen LogP contribution in [0, 0.1) is 0 Å². The molecule has 7 nitrogen and oxygen atoms in total. The Morgan fingerprint density at radius 2 is 1.82 bits per heavy atom. The summed E-state index contributed by atoms with van der Waals surface area (Å²) in [5, 5.41) is 15.6. The Labute approximate surface area is 248 Å². The average molecular weight is 603 g/mol. The summed E-state index contributed by atoms with van der Waals surface area (Å²) >= 11 is 10.4. The van der Waals surface area contributed by atoms with Crippen molar-refractivity contribution in [3.63, 3.8) is 0 Å². The molecule has 0 radical (unpaired) electrons. The lowest BCUT2D eigenvalue weighted by atomic mass is 10.0. The van der Waals surface area contributed by atoms with Gasteiger partial charge in [0.2, 0.25) is 11.0 Å². The van der Waals surface area contributed by atoms with Crippen LogP contribution >= 0.6 is 46.7 Å². The zero-order valence-electron chi connectivity index (χ0n) is 20.9. The number of nitrogens with one attached hydrogen (secondary N) is 1. The fourth-order valence-corrected chi connectivity index (χ4v) is 7.55. The number of nitrogens with zero attached hydrogens (tertiary/aromatic N) is 3. The van der Waals surface area contributed by atoms with Crippen molar-refractivity contribution < 1.29 is 14.3 Å². The highest BCUT2D eigenvalue weighted by Gasteiger charge is 2.54. The van der Waals surface area contributed by atoms with Crippen LogP contribution in [-0.4, -0.2) is 49.1 Å². The first kappa shape index (κ1) is 26.6. The summed E-state index contributed by atoms with van der Waals surface area (Å²) < 4.78 is 6.52. The number of thiophene rings is 1. The number of β-lactam (4-membered cyclic amide) rings is 1. The van der Waals surface area contributed by atoms with Crippen LogP contribution in [0.1, 0.15) is 27.8 Å². The molecular weight excluding hydrogens is 581 g/mol. The third kappa shape index (κ3) is 5.37. The zero-order chi connectivity index (χ0) is 27.5. The third-order valence-corrected chi connectivity index (χ3v) is 9.50. The van der Waals surface area contributed by atoms with Gasteiger partial charge in [0.25, 0.3) is 5.91 Å². The molecule has 2 aromatic carbocycles. The number of fused-ring (bicyclic) bond motifs is 1. The largest absolute Gasteiger partial charge is 0.469 e. The molecule has 6 rings (SSSR count). The molecule has 200 valence electrons. The first-order valence-electron chi connectivity index (χ1n) is 12.4. The van der Waals surface area contributed by atoms with Gasteiger partial charge >= 0.3 is 0 Å². The predicted octanol–water partition coefficient (Wildman–Crippen LogP) is 5.56. The molecule has 2 aliphatic heterocycles. The van der Waals surface area contributed by atoms with Crippen molar-refractivity contribution in [1.29, 1.82) is 0 Å². The van der Waals surface area contributed by atoms with E-state index < -0.39 is 12.1 Å². The van der Waals surface area contributed by atoms with Crippen molar-refractivity contribution in [2.45, 2.75) is 17.5 Å². The number of thiocarbonyl (C=S) groups is 1. The van der Waals surface area contributed by atoms with Crippen LogP contribution in [0.3, 0.4) is 0 Å². The van der Waals surface area contributed by atoms with E-state index in [1.54, 1.807) is 39.6 Å². The van der Waals surface area contributed by atoms with Crippen LogP contribution in [-0.2, 0) is 14.3 Å². The van der Waals surface area contributed by atoms with Crippen LogP contribution in [0.5, 0.6) is 0 Å². The lowest BCUT2D eigenvalue weighted by molar-refractivity contribution is -0.144. The number of benzene rings is 2. The van der Waals surface area contributed by atoms with E-state index in [1.165, 1.54) is 17.4 Å². The van der Waals surface area contributed by atoms with Gasteiger partial charge < -0.3 is 10.1 Å². The van der Waals surface area contributed by atoms with Crippen molar-refractivity contribution in [2.75, 3.05) is 5.75 Å². The molecule has 1 N–H and O–H groups in total. The van der Waals surface area contributed by atoms with E-state index >= 15 is 0 Å². The van der Waals surface area contributed by atoms with Gasteiger partial charge in [-0.15, -0.1) is 33.3 Å². The van der Waals surface area contributed by atoms with Gasteiger partial charge in [0, 0.05) is 17.4 Å². The number of hydrogen-bond donors (Lipinski definition) is 1. The van der Waals surface area contributed by atoms with Gasteiger partial charge in [-0.3, -0.25) is 14.5 Å². The van der Waals surface area contributed by atoms with E-state index in [-0.39, 0.29) is 22.2 Å². The van der Waals surface area contributed by atoms with E-state index in [9.17, 15) is 9.59 Å². The Balaban J connectivity index is 1.28. The van der Waals surface area contributed by atoms with Gasteiger partial charge in [0.1, 0.15) is 33.7 Å². The van der Waals surface area contributed by atoms with Crippen molar-refractivity contribution in [1.82, 2.24) is 20.4 Å². The van der Waals surface area contributed by atoms with Gasteiger partial charge in [-0.1, -0.05) is 60.7 Å². The Kier molecular flexibility index (Phi) is 7.87. The molecule has 40 heavy (non-hydrogen) atoms. The molecule has 2 atom stereocenters. The van der Waals surface area contributed by atoms with Crippen LogP contribution in [0.15, 0.2) is 94.8 Å². The Morgan fingerprint density at radius 3 is 2.45 bits per heavy atom. The van der Waals surface area contributed by atoms with Crippen LogP contribution in [0.25, 0.3) is 11.6 Å². The monoisotopic (exact) mass is 602 g/mol. The number of carbonyl (C=O) groups is 2. The van der Waals surface area contributed by atoms with E-state index in [4.69, 9.17) is 17.0 Å². The zero-order valence-corrected chi connectivity index (χ0v) is 24.1. The summed E-state index contributed by atoms with van der Waals surface area (Å²) in [5.74, 6) is -0.0216.